The number of hydrogen-bond donors (Lipinski definition) is 2. The van der Waals surface area contributed by atoms with Crippen LogP contribution in [0, 0.1) is 6.92 Å². The molecule has 0 saturated carbocycles. The van der Waals surface area contributed by atoms with Crippen LogP contribution in [0.1, 0.15) is 23.0 Å². The van der Waals surface area contributed by atoms with E-state index in [1.54, 1.807) is 49.8 Å². The van der Waals surface area contributed by atoms with Crippen molar-refractivity contribution >= 4 is 54.8 Å². The van der Waals surface area contributed by atoms with E-state index in [0.717, 1.165) is 5.39 Å². The standard InChI is InChI=1S/C20H17ClN4O3S/c1-3-29(27,28)19-15(21)9-14-13-6-8-22-10-16(13)24-17(14)18(19)25-20(26)12-5-4-7-23-11(12)2/h4-10,24H,3H2,1-2H3,(H,25,26). The molecule has 0 aliphatic rings. The van der Waals surface area contributed by atoms with Gasteiger partial charge in [-0.1, -0.05) is 18.5 Å². The van der Waals surface area contributed by atoms with E-state index in [-0.39, 0.29) is 21.4 Å². The molecular formula is C20H17ClN4O3S. The Hall–Kier alpha value is -2.97. The van der Waals surface area contributed by atoms with Gasteiger partial charge in [-0.15, -0.1) is 0 Å². The molecule has 148 valence electrons. The first kappa shape index (κ1) is 19.4. The normalized spacial score (nSPS) is 11.8. The number of sulfone groups is 1. The van der Waals surface area contributed by atoms with Gasteiger partial charge in [-0.2, -0.15) is 0 Å². The monoisotopic (exact) mass is 428 g/mol. The zero-order valence-corrected chi connectivity index (χ0v) is 17.2. The third-order valence-electron chi connectivity index (χ3n) is 4.79. The molecule has 0 saturated heterocycles. The molecule has 3 heterocycles. The molecule has 0 bridgehead atoms. The molecule has 9 heteroatoms. The summed E-state index contributed by atoms with van der Waals surface area (Å²) in [6.45, 7) is 3.24. The zero-order valence-electron chi connectivity index (χ0n) is 15.7. The van der Waals surface area contributed by atoms with Crippen LogP contribution in [-0.2, 0) is 9.84 Å². The molecule has 4 aromatic rings. The lowest BCUT2D eigenvalue weighted by atomic mass is 10.1. The lowest BCUT2D eigenvalue weighted by Gasteiger charge is -2.15. The minimum absolute atomic E-state index is 0.0512. The van der Waals surface area contributed by atoms with Gasteiger partial charge in [-0.05, 0) is 31.2 Å². The minimum atomic E-state index is -3.72. The Morgan fingerprint density at radius 1 is 1.24 bits per heavy atom. The number of nitrogens with zero attached hydrogens (tertiary/aromatic N) is 2. The molecule has 1 aromatic carbocycles. The Kier molecular flexibility index (Phi) is 4.76. The average Bonchev–Trinajstić information content (AvgIpc) is 3.06. The Morgan fingerprint density at radius 3 is 2.76 bits per heavy atom. The highest BCUT2D eigenvalue weighted by molar-refractivity contribution is 7.91. The van der Waals surface area contributed by atoms with Crippen molar-refractivity contribution in [2.45, 2.75) is 18.7 Å². The first-order chi connectivity index (χ1) is 13.8. The van der Waals surface area contributed by atoms with Gasteiger partial charge in [0.2, 0.25) is 0 Å². The Balaban J connectivity index is 2.02. The molecule has 0 fully saturated rings. The maximum atomic E-state index is 13.0. The van der Waals surface area contributed by atoms with Gasteiger partial charge in [0, 0.05) is 28.9 Å². The average molecular weight is 429 g/mol. The number of aryl methyl sites for hydroxylation is 1. The zero-order chi connectivity index (χ0) is 20.8. The highest BCUT2D eigenvalue weighted by atomic mass is 35.5. The molecule has 7 nitrogen and oxygen atoms in total. The molecule has 0 aliphatic carbocycles. The van der Waals surface area contributed by atoms with Gasteiger partial charge in [-0.3, -0.25) is 14.8 Å². The summed E-state index contributed by atoms with van der Waals surface area (Å²) in [4.78, 5) is 24.2. The van der Waals surface area contributed by atoms with E-state index in [4.69, 9.17) is 11.6 Å². The Bertz CT molecular complexity index is 1380. The molecular weight excluding hydrogens is 412 g/mol. The number of nitrogens with one attached hydrogen (secondary N) is 2. The molecule has 0 spiro atoms. The maximum absolute atomic E-state index is 13.0. The van der Waals surface area contributed by atoms with Crippen LogP contribution in [0.2, 0.25) is 5.02 Å². The van der Waals surface area contributed by atoms with E-state index in [9.17, 15) is 13.2 Å². The Labute approximate surface area is 172 Å². The van der Waals surface area contributed by atoms with Crippen molar-refractivity contribution in [1.29, 1.82) is 0 Å². The summed E-state index contributed by atoms with van der Waals surface area (Å²) in [7, 11) is -3.72. The number of benzene rings is 1. The van der Waals surface area contributed by atoms with Crippen molar-refractivity contribution in [2.75, 3.05) is 11.1 Å². The summed E-state index contributed by atoms with van der Waals surface area (Å²) in [5, 5.41) is 4.33. The van der Waals surface area contributed by atoms with Crippen molar-refractivity contribution < 1.29 is 13.2 Å². The molecule has 2 N–H and O–H groups in total. The summed E-state index contributed by atoms with van der Waals surface area (Å²) in [5.41, 5.74) is 2.18. The molecule has 29 heavy (non-hydrogen) atoms. The summed E-state index contributed by atoms with van der Waals surface area (Å²) in [6, 6.07) is 6.68. The number of halogens is 1. The second-order valence-corrected chi connectivity index (χ2v) is 9.15. The predicted molar refractivity (Wildman–Crippen MR) is 113 cm³/mol. The molecule has 4 rings (SSSR count). The van der Waals surface area contributed by atoms with Crippen LogP contribution >= 0.6 is 11.6 Å². The van der Waals surface area contributed by atoms with E-state index in [1.807, 2.05) is 0 Å². The first-order valence-corrected chi connectivity index (χ1v) is 10.9. The third kappa shape index (κ3) is 3.24. The van der Waals surface area contributed by atoms with Gasteiger partial charge < -0.3 is 10.3 Å². The van der Waals surface area contributed by atoms with Crippen LogP contribution in [0.4, 0.5) is 5.69 Å². The van der Waals surface area contributed by atoms with Crippen LogP contribution in [0.25, 0.3) is 21.8 Å². The van der Waals surface area contributed by atoms with Crippen molar-refractivity contribution in [3.05, 3.63) is 59.1 Å². The van der Waals surface area contributed by atoms with E-state index >= 15 is 0 Å². The van der Waals surface area contributed by atoms with Crippen molar-refractivity contribution in [2.24, 2.45) is 0 Å². The Morgan fingerprint density at radius 2 is 2.03 bits per heavy atom. The largest absolute Gasteiger partial charge is 0.352 e. The minimum Gasteiger partial charge on any atom is -0.352 e. The number of aromatic amines is 1. The van der Waals surface area contributed by atoms with Crippen LogP contribution in [-0.4, -0.2) is 35.0 Å². The number of aromatic nitrogens is 3. The molecule has 0 aliphatic heterocycles. The van der Waals surface area contributed by atoms with Crippen LogP contribution in [0.5, 0.6) is 0 Å². The topological polar surface area (TPSA) is 105 Å². The van der Waals surface area contributed by atoms with Gasteiger partial charge >= 0.3 is 0 Å². The van der Waals surface area contributed by atoms with Crippen LogP contribution in [0.3, 0.4) is 0 Å². The maximum Gasteiger partial charge on any atom is 0.257 e. The van der Waals surface area contributed by atoms with Crippen molar-refractivity contribution in [3.63, 3.8) is 0 Å². The lowest BCUT2D eigenvalue weighted by Crippen LogP contribution is -2.17. The number of amides is 1. The van der Waals surface area contributed by atoms with Crippen molar-refractivity contribution in [1.82, 2.24) is 15.0 Å². The number of H-pyrrole nitrogens is 1. The number of pyridine rings is 2. The van der Waals surface area contributed by atoms with E-state index in [2.05, 4.69) is 20.3 Å². The molecule has 0 radical (unpaired) electrons. The van der Waals surface area contributed by atoms with E-state index < -0.39 is 15.7 Å². The van der Waals surface area contributed by atoms with E-state index in [1.165, 1.54) is 6.92 Å². The second-order valence-electron chi connectivity index (χ2n) is 6.53. The molecule has 0 unspecified atom stereocenters. The lowest BCUT2D eigenvalue weighted by molar-refractivity contribution is 0.102. The number of rotatable bonds is 4. The smallest absolute Gasteiger partial charge is 0.257 e. The number of hydrogen-bond acceptors (Lipinski definition) is 5. The van der Waals surface area contributed by atoms with Crippen LogP contribution in [0.15, 0.2) is 47.8 Å². The number of fused-ring (bicyclic) bond motifs is 3. The fourth-order valence-corrected chi connectivity index (χ4v) is 4.98. The summed E-state index contributed by atoms with van der Waals surface area (Å²) >= 11 is 6.42. The SMILES string of the molecule is CCS(=O)(=O)c1c(Cl)cc2c([nH]c3cnccc32)c1NC(=O)c1cccnc1C. The third-order valence-corrected chi connectivity index (χ3v) is 7.00. The molecule has 1 amide bonds. The van der Waals surface area contributed by atoms with Gasteiger partial charge in [0.05, 0.1) is 39.3 Å². The van der Waals surface area contributed by atoms with Gasteiger partial charge in [-0.25, -0.2) is 8.42 Å². The van der Waals surface area contributed by atoms with Gasteiger partial charge in [0.1, 0.15) is 4.90 Å². The summed E-state index contributed by atoms with van der Waals surface area (Å²) in [6.07, 6.45) is 4.85. The highest BCUT2D eigenvalue weighted by Crippen LogP contribution is 2.40. The fourth-order valence-electron chi connectivity index (χ4n) is 3.31. The number of carbonyl (C=O) groups excluding carboxylic acids is 1. The summed E-state index contributed by atoms with van der Waals surface area (Å²) in [5.74, 6) is -0.627. The second kappa shape index (κ2) is 7.13. The van der Waals surface area contributed by atoms with Gasteiger partial charge in [0.15, 0.2) is 9.84 Å². The quantitative estimate of drug-likeness (QED) is 0.508. The van der Waals surface area contributed by atoms with Gasteiger partial charge in [0.25, 0.3) is 5.91 Å². The number of carbonyl (C=O) groups is 1. The highest BCUT2D eigenvalue weighted by Gasteiger charge is 2.26. The summed E-state index contributed by atoms with van der Waals surface area (Å²) < 4.78 is 25.6. The number of anilines is 1. The van der Waals surface area contributed by atoms with E-state index in [0.29, 0.717) is 27.7 Å². The van der Waals surface area contributed by atoms with Crippen molar-refractivity contribution in [3.8, 4) is 0 Å². The fraction of sp³-hybridized carbons (Fsp3) is 0.150. The molecule has 0 atom stereocenters. The predicted octanol–water partition coefficient (Wildman–Crippen LogP) is 4.12. The molecule has 3 aromatic heterocycles. The first-order valence-electron chi connectivity index (χ1n) is 8.87. The van der Waals surface area contributed by atoms with Crippen LogP contribution < -0.4 is 5.32 Å².